The van der Waals surface area contributed by atoms with Gasteiger partial charge in [-0.15, -0.1) is 11.8 Å². The first-order valence-electron chi connectivity index (χ1n) is 9.10. The summed E-state index contributed by atoms with van der Waals surface area (Å²) in [7, 11) is 0. The predicted molar refractivity (Wildman–Crippen MR) is 94.6 cm³/mol. The summed E-state index contributed by atoms with van der Waals surface area (Å²) in [6.07, 6.45) is 18.1. The molecule has 0 spiro atoms. The van der Waals surface area contributed by atoms with Crippen molar-refractivity contribution in [2.45, 2.75) is 90.9 Å². The molecule has 0 radical (unpaired) electrons. The van der Waals surface area contributed by atoms with E-state index in [2.05, 4.69) is 18.8 Å². The molecule has 2 heteroatoms. The minimum absolute atomic E-state index is 0.247. The van der Waals surface area contributed by atoms with E-state index in [9.17, 15) is 4.79 Å². The number of hydrogen-bond acceptors (Lipinski definition) is 2. The standard InChI is InChI=1S/C20H34O2/c1-3-5-6-7-8-9-10-11-12-13-14-15-16-17-18-19-20(21)22-4-2/h18-19H,3-12,15-17H2,1-2H3/b19-18+. The van der Waals surface area contributed by atoms with Gasteiger partial charge < -0.3 is 4.74 Å². The van der Waals surface area contributed by atoms with Gasteiger partial charge in [0.25, 0.3) is 0 Å². The minimum atomic E-state index is -0.247. The molecule has 0 aromatic carbocycles. The van der Waals surface area contributed by atoms with Crippen LogP contribution in [-0.4, -0.2) is 12.6 Å². The lowest BCUT2D eigenvalue weighted by molar-refractivity contribution is -0.137. The molecule has 22 heavy (non-hydrogen) atoms. The zero-order chi connectivity index (χ0) is 16.3. The van der Waals surface area contributed by atoms with Crippen molar-refractivity contribution in [2.75, 3.05) is 6.61 Å². The lowest BCUT2D eigenvalue weighted by atomic mass is 10.1. The maximum absolute atomic E-state index is 11.0. The highest BCUT2D eigenvalue weighted by atomic mass is 16.5. The van der Waals surface area contributed by atoms with E-state index in [1.54, 1.807) is 0 Å². The van der Waals surface area contributed by atoms with Crippen LogP contribution in [0, 0.1) is 11.8 Å². The van der Waals surface area contributed by atoms with Crippen molar-refractivity contribution < 1.29 is 9.53 Å². The average molecular weight is 306 g/mol. The van der Waals surface area contributed by atoms with E-state index in [1.807, 2.05) is 13.0 Å². The molecular formula is C20H34O2. The zero-order valence-corrected chi connectivity index (χ0v) is 14.7. The molecule has 0 fully saturated rings. The highest BCUT2D eigenvalue weighted by Crippen LogP contribution is 2.09. The first-order valence-corrected chi connectivity index (χ1v) is 9.10. The highest BCUT2D eigenvalue weighted by Gasteiger charge is 1.92. The van der Waals surface area contributed by atoms with Crippen LogP contribution < -0.4 is 0 Å². The molecule has 0 heterocycles. The van der Waals surface area contributed by atoms with Crippen LogP contribution in [0.4, 0.5) is 0 Å². The van der Waals surface area contributed by atoms with Crippen LogP contribution >= 0.6 is 0 Å². The second-order valence-corrected chi connectivity index (χ2v) is 5.63. The molecule has 0 aromatic rings. The van der Waals surface area contributed by atoms with Gasteiger partial charge in [-0.1, -0.05) is 57.9 Å². The number of carbonyl (C=O) groups is 1. The largest absolute Gasteiger partial charge is 0.463 e. The lowest BCUT2D eigenvalue weighted by Gasteiger charge is -1.99. The maximum Gasteiger partial charge on any atom is 0.330 e. The van der Waals surface area contributed by atoms with Crippen LogP contribution in [0.5, 0.6) is 0 Å². The third-order valence-corrected chi connectivity index (χ3v) is 3.49. The van der Waals surface area contributed by atoms with Crippen LogP contribution in [0.1, 0.15) is 90.9 Å². The van der Waals surface area contributed by atoms with Gasteiger partial charge >= 0.3 is 5.97 Å². The van der Waals surface area contributed by atoms with Gasteiger partial charge in [0.15, 0.2) is 0 Å². The molecule has 0 N–H and O–H groups in total. The highest BCUT2D eigenvalue weighted by molar-refractivity contribution is 5.81. The summed E-state index contributed by atoms with van der Waals surface area (Å²) >= 11 is 0. The van der Waals surface area contributed by atoms with Gasteiger partial charge in [-0.3, -0.25) is 0 Å². The van der Waals surface area contributed by atoms with E-state index in [1.165, 1.54) is 57.4 Å². The molecular weight excluding hydrogens is 272 g/mol. The van der Waals surface area contributed by atoms with Crippen molar-refractivity contribution in [3.05, 3.63) is 12.2 Å². The Morgan fingerprint density at radius 3 is 2.09 bits per heavy atom. The van der Waals surface area contributed by atoms with Crippen molar-refractivity contribution in [3.63, 3.8) is 0 Å². The smallest absolute Gasteiger partial charge is 0.330 e. The Hall–Kier alpha value is -1.23. The summed E-state index contributed by atoms with van der Waals surface area (Å²) in [5.41, 5.74) is 0. The fraction of sp³-hybridized carbons (Fsp3) is 0.750. The van der Waals surface area contributed by atoms with Crippen molar-refractivity contribution in [1.29, 1.82) is 0 Å². The van der Waals surface area contributed by atoms with Crippen LogP contribution in [0.25, 0.3) is 0 Å². The van der Waals surface area contributed by atoms with Crippen molar-refractivity contribution in [3.8, 4) is 11.8 Å². The Morgan fingerprint density at radius 2 is 1.45 bits per heavy atom. The minimum Gasteiger partial charge on any atom is -0.463 e. The molecule has 0 aliphatic heterocycles. The van der Waals surface area contributed by atoms with Gasteiger partial charge in [-0.25, -0.2) is 4.79 Å². The predicted octanol–water partition coefficient (Wildman–Crippen LogP) is 5.81. The molecule has 0 rings (SSSR count). The Labute approximate surface area is 137 Å². The summed E-state index contributed by atoms with van der Waals surface area (Å²) in [5.74, 6) is 6.22. The number of unbranched alkanes of at least 4 members (excludes halogenated alkanes) is 10. The van der Waals surface area contributed by atoms with E-state index in [0.29, 0.717) is 6.61 Å². The zero-order valence-electron chi connectivity index (χ0n) is 14.7. The monoisotopic (exact) mass is 306 g/mol. The third kappa shape index (κ3) is 16.8. The third-order valence-electron chi connectivity index (χ3n) is 3.49. The number of rotatable bonds is 13. The molecule has 0 unspecified atom stereocenters. The average Bonchev–Trinajstić information content (AvgIpc) is 2.51. The van der Waals surface area contributed by atoms with E-state index in [0.717, 1.165) is 25.7 Å². The second kappa shape index (κ2) is 17.8. The quantitative estimate of drug-likeness (QED) is 0.186. The van der Waals surface area contributed by atoms with Crippen LogP contribution in [-0.2, 0) is 9.53 Å². The fourth-order valence-electron chi connectivity index (χ4n) is 2.20. The van der Waals surface area contributed by atoms with Gasteiger partial charge in [-0.05, 0) is 26.2 Å². The van der Waals surface area contributed by atoms with E-state index >= 15 is 0 Å². The Kier molecular flexibility index (Phi) is 16.8. The fourth-order valence-corrected chi connectivity index (χ4v) is 2.20. The van der Waals surface area contributed by atoms with Crippen molar-refractivity contribution in [1.82, 2.24) is 0 Å². The van der Waals surface area contributed by atoms with Crippen molar-refractivity contribution in [2.24, 2.45) is 0 Å². The van der Waals surface area contributed by atoms with Gasteiger partial charge in [0, 0.05) is 18.9 Å². The van der Waals surface area contributed by atoms with Crippen molar-refractivity contribution >= 4 is 5.97 Å². The summed E-state index contributed by atoms with van der Waals surface area (Å²) < 4.78 is 4.81. The van der Waals surface area contributed by atoms with Crippen LogP contribution in [0.2, 0.25) is 0 Å². The van der Waals surface area contributed by atoms with E-state index in [4.69, 9.17) is 4.74 Å². The number of esters is 1. The maximum atomic E-state index is 11.0. The number of allylic oxidation sites excluding steroid dienone is 1. The number of carbonyl (C=O) groups excluding carboxylic acids is 1. The lowest BCUT2D eigenvalue weighted by Crippen LogP contribution is -1.98. The molecule has 0 bridgehead atoms. The first-order chi connectivity index (χ1) is 10.8. The van der Waals surface area contributed by atoms with E-state index in [-0.39, 0.29) is 5.97 Å². The molecule has 0 aliphatic carbocycles. The summed E-state index contributed by atoms with van der Waals surface area (Å²) in [5, 5.41) is 0. The second-order valence-electron chi connectivity index (χ2n) is 5.63. The van der Waals surface area contributed by atoms with Gasteiger partial charge in [0.1, 0.15) is 0 Å². The molecule has 0 saturated carbocycles. The van der Waals surface area contributed by atoms with Gasteiger partial charge in [0.05, 0.1) is 6.61 Å². The Bertz CT molecular complexity index is 333. The van der Waals surface area contributed by atoms with Crippen LogP contribution in [0.3, 0.4) is 0 Å². The molecule has 2 nitrogen and oxygen atoms in total. The van der Waals surface area contributed by atoms with E-state index < -0.39 is 0 Å². The molecule has 0 atom stereocenters. The van der Waals surface area contributed by atoms with Gasteiger partial charge in [-0.2, -0.15) is 0 Å². The molecule has 0 saturated heterocycles. The topological polar surface area (TPSA) is 26.3 Å². The molecule has 0 aromatic heterocycles. The van der Waals surface area contributed by atoms with Gasteiger partial charge in [0.2, 0.25) is 0 Å². The molecule has 0 amide bonds. The normalized spacial score (nSPS) is 10.5. The summed E-state index contributed by atoms with van der Waals surface area (Å²) in [6.45, 7) is 4.51. The Morgan fingerprint density at radius 1 is 0.864 bits per heavy atom. The molecule has 126 valence electrons. The first kappa shape index (κ1) is 20.8. The Balaban J connectivity index is 3.27. The summed E-state index contributed by atoms with van der Waals surface area (Å²) in [4.78, 5) is 11.0. The number of hydrogen-bond donors (Lipinski definition) is 0. The SMILES string of the molecule is CCCCCCCCCCC#CCCC/C=C/C(=O)OCC. The molecule has 0 aliphatic rings. The number of ether oxygens (including phenoxy) is 1. The summed E-state index contributed by atoms with van der Waals surface area (Å²) in [6, 6.07) is 0. The van der Waals surface area contributed by atoms with Crippen LogP contribution in [0.15, 0.2) is 12.2 Å².